The number of primary sulfonamides is 1. The predicted octanol–water partition coefficient (Wildman–Crippen LogP) is 2.99. The van der Waals surface area contributed by atoms with E-state index in [0.29, 0.717) is 31.8 Å². The molecule has 0 unspecified atom stereocenters. The Bertz CT molecular complexity index is 1170. The van der Waals surface area contributed by atoms with Crippen LogP contribution in [0.3, 0.4) is 0 Å². The molecule has 0 spiro atoms. The summed E-state index contributed by atoms with van der Waals surface area (Å²) in [6, 6.07) is 12.2. The van der Waals surface area contributed by atoms with Gasteiger partial charge in [0.25, 0.3) is 5.91 Å². The van der Waals surface area contributed by atoms with Gasteiger partial charge in [-0.2, -0.15) is 0 Å². The Hall–Kier alpha value is -2.84. The van der Waals surface area contributed by atoms with Crippen LogP contribution < -0.4 is 15.2 Å². The highest BCUT2D eigenvalue weighted by atomic mass is 32.2. The lowest BCUT2D eigenvalue weighted by molar-refractivity contribution is 0.0945. The first-order chi connectivity index (χ1) is 14.3. The number of ether oxygens (including phenoxy) is 1. The highest BCUT2D eigenvalue weighted by Crippen LogP contribution is 2.29. The number of benzene rings is 2. The Morgan fingerprint density at radius 2 is 1.83 bits per heavy atom. The fourth-order valence-electron chi connectivity index (χ4n) is 3.63. The fraction of sp³-hybridized carbons (Fsp3) is 0.318. The van der Waals surface area contributed by atoms with E-state index in [-0.39, 0.29) is 10.8 Å². The van der Waals surface area contributed by atoms with Crippen LogP contribution in [0, 0.1) is 6.92 Å². The van der Waals surface area contributed by atoms with Gasteiger partial charge in [0.2, 0.25) is 10.0 Å². The van der Waals surface area contributed by atoms with Crippen LogP contribution in [0.5, 0.6) is 5.75 Å². The van der Waals surface area contributed by atoms with Gasteiger partial charge in [-0.05, 0) is 68.7 Å². The molecule has 3 rings (SSSR count). The van der Waals surface area contributed by atoms with E-state index in [0.717, 1.165) is 27.8 Å². The Balaban J connectivity index is 1.75. The Morgan fingerprint density at radius 1 is 1.13 bits per heavy atom. The first-order valence-corrected chi connectivity index (χ1v) is 11.5. The second-order valence-corrected chi connectivity index (χ2v) is 8.59. The van der Waals surface area contributed by atoms with Gasteiger partial charge in [-0.1, -0.05) is 12.1 Å². The van der Waals surface area contributed by atoms with Crippen molar-refractivity contribution in [1.29, 1.82) is 0 Å². The van der Waals surface area contributed by atoms with E-state index in [9.17, 15) is 13.2 Å². The van der Waals surface area contributed by atoms with Crippen LogP contribution in [0.15, 0.2) is 47.4 Å². The summed E-state index contributed by atoms with van der Waals surface area (Å²) in [5.41, 5.74) is 3.48. The van der Waals surface area contributed by atoms with Crippen molar-refractivity contribution >= 4 is 26.8 Å². The smallest absolute Gasteiger partial charge is 0.268 e. The van der Waals surface area contributed by atoms with E-state index in [1.807, 2.05) is 43.5 Å². The number of carbonyl (C=O) groups is 1. The summed E-state index contributed by atoms with van der Waals surface area (Å²) in [4.78, 5) is 13.0. The number of fused-ring (bicyclic) bond motifs is 1. The molecule has 0 aliphatic carbocycles. The molecule has 0 atom stereocenters. The van der Waals surface area contributed by atoms with Gasteiger partial charge in [-0.25, -0.2) is 13.6 Å². The summed E-state index contributed by atoms with van der Waals surface area (Å²) in [6.45, 7) is 7.60. The van der Waals surface area contributed by atoms with Crippen molar-refractivity contribution in [3.63, 3.8) is 0 Å². The number of rotatable bonds is 8. The minimum atomic E-state index is -3.70. The number of hydrogen-bond donors (Lipinski definition) is 2. The maximum atomic E-state index is 12.9. The number of aromatic nitrogens is 1. The molecule has 0 fully saturated rings. The van der Waals surface area contributed by atoms with Crippen molar-refractivity contribution in [2.24, 2.45) is 5.14 Å². The summed E-state index contributed by atoms with van der Waals surface area (Å²) in [5, 5.41) is 9.10. The third kappa shape index (κ3) is 4.49. The van der Waals surface area contributed by atoms with Crippen LogP contribution in [0.4, 0.5) is 0 Å². The van der Waals surface area contributed by atoms with E-state index in [1.165, 1.54) is 12.1 Å². The molecule has 0 radical (unpaired) electrons. The maximum absolute atomic E-state index is 12.9. The van der Waals surface area contributed by atoms with Crippen LogP contribution in [0.25, 0.3) is 10.9 Å². The van der Waals surface area contributed by atoms with Gasteiger partial charge in [0.15, 0.2) is 0 Å². The van der Waals surface area contributed by atoms with E-state index in [4.69, 9.17) is 9.88 Å². The normalized spacial score (nSPS) is 11.6. The largest absolute Gasteiger partial charge is 0.494 e. The first-order valence-electron chi connectivity index (χ1n) is 9.91. The zero-order valence-corrected chi connectivity index (χ0v) is 18.3. The average Bonchev–Trinajstić information content (AvgIpc) is 2.99. The lowest BCUT2D eigenvalue weighted by Gasteiger charge is -2.10. The molecule has 1 amide bonds. The number of hydrogen-bond acceptors (Lipinski definition) is 4. The third-order valence-corrected chi connectivity index (χ3v) is 6.01. The number of carbonyl (C=O) groups excluding carboxylic acids is 1. The van der Waals surface area contributed by atoms with Crippen LogP contribution >= 0.6 is 0 Å². The van der Waals surface area contributed by atoms with Gasteiger partial charge in [-0.15, -0.1) is 0 Å². The number of nitrogens with two attached hydrogens (primary N) is 1. The molecule has 3 N–H and O–H groups in total. The van der Waals surface area contributed by atoms with Crippen molar-refractivity contribution < 1.29 is 17.9 Å². The van der Waals surface area contributed by atoms with E-state index in [2.05, 4.69) is 5.32 Å². The molecule has 0 aliphatic rings. The number of nitrogens with one attached hydrogen (secondary N) is 1. The van der Waals surface area contributed by atoms with E-state index in [1.54, 1.807) is 12.1 Å². The molecule has 2 aromatic carbocycles. The zero-order valence-electron chi connectivity index (χ0n) is 17.4. The zero-order chi connectivity index (χ0) is 21.9. The molecule has 8 heteroatoms. The lowest BCUT2D eigenvalue weighted by Crippen LogP contribution is -2.28. The quantitative estimate of drug-likeness (QED) is 0.574. The maximum Gasteiger partial charge on any atom is 0.268 e. The first kappa shape index (κ1) is 21.9. The van der Waals surface area contributed by atoms with Crippen LogP contribution in [-0.4, -0.2) is 32.0 Å². The van der Waals surface area contributed by atoms with Gasteiger partial charge < -0.3 is 14.6 Å². The summed E-state index contributed by atoms with van der Waals surface area (Å²) >= 11 is 0. The molecular formula is C22H27N3O4S. The molecule has 0 saturated heterocycles. The van der Waals surface area contributed by atoms with Gasteiger partial charge in [-0.3, -0.25) is 4.79 Å². The van der Waals surface area contributed by atoms with Crippen LogP contribution in [-0.2, 0) is 23.0 Å². The minimum Gasteiger partial charge on any atom is -0.494 e. The van der Waals surface area contributed by atoms with E-state index >= 15 is 0 Å². The number of amides is 1. The summed E-state index contributed by atoms with van der Waals surface area (Å²) in [7, 11) is -3.70. The fourth-order valence-corrected chi connectivity index (χ4v) is 4.14. The van der Waals surface area contributed by atoms with E-state index < -0.39 is 10.0 Å². The van der Waals surface area contributed by atoms with Crippen molar-refractivity contribution in [2.75, 3.05) is 13.2 Å². The summed E-state index contributed by atoms with van der Waals surface area (Å²) in [6.07, 6.45) is 0.580. The molecular weight excluding hydrogens is 402 g/mol. The van der Waals surface area contributed by atoms with Crippen LogP contribution in [0.1, 0.15) is 35.5 Å². The second kappa shape index (κ2) is 8.89. The Kier molecular flexibility index (Phi) is 6.48. The van der Waals surface area contributed by atoms with Gasteiger partial charge in [0.1, 0.15) is 11.4 Å². The lowest BCUT2D eigenvalue weighted by atomic mass is 10.1. The molecule has 0 saturated carbocycles. The summed E-state index contributed by atoms with van der Waals surface area (Å²) in [5.74, 6) is 0.654. The Labute approximate surface area is 176 Å². The van der Waals surface area contributed by atoms with Gasteiger partial charge in [0, 0.05) is 24.0 Å². The molecule has 7 nitrogen and oxygen atoms in total. The standard InChI is InChI=1S/C22H27N3O4S/c1-4-25-20-11-8-17(29-5-2)14-19(20)15(3)21(25)22(26)24-13-12-16-6-9-18(10-7-16)30(23,27)28/h6-11,14H,4-5,12-13H2,1-3H3,(H,24,26)(H2,23,27,28). The average molecular weight is 430 g/mol. The highest BCUT2D eigenvalue weighted by Gasteiger charge is 2.19. The molecule has 30 heavy (non-hydrogen) atoms. The minimum absolute atomic E-state index is 0.0739. The molecule has 0 bridgehead atoms. The number of sulfonamides is 1. The van der Waals surface area contributed by atoms with Crippen molar-refractivity contribution in [3.8, 4) is 5.75 Å². The van der Waals surface area contributed by atoms with Crippen molar-refractivity contribution in [3.05, 3.63) is 59.3 Å². The predicted molar refractivity (Wildman–Crippen MR) is 117 cm³/mol. The summed E-state index contributed by atoms with van der Waals surface area (Å²) < 4.78 is 30.3. The molecule has 1 heterocycles. The SMILES string of the molecule is CCOc1ccc2c(c1)c(C)c(C(=O)NCCc1ccc(S(N)(=O)=O)cc1)n2CC. The van der Waals surface area contributed by atoms with Crippen LogP contribution in [0.2, 0.25) is 0 Å². The number of aryl methyl sites for hydroxylation is 2. The molecule has 3 aromatic rings. The van der Waals surface area contributed by atoms with Gasteiger partial charge in [0.05, 0.1) is 11.5 Å². The third-order valence-electron chi connectivity index (χ3n) is 5.08. The molecule has 1 aromatic heterocycles. The Morgan fingerprint density at radius 3 is 2.43 bits per heavy atom. The second-order valence-electron chi connectivity index (χ2n) is 7.02. The number of nitrogens with zero attached hydrogens (tertiary/aromatic N) is 1. The van der Waals surface area contributed by atoms with Crippen molar-refractivity contribution in [1.82, 2.24) is 9.88 Å². The highest BCUT2D eigenvalue weighted by molar-refractivity contribution is 7.89. The molecule has 0 aliphatic heterocycles. The molecule has 160 valence electrons. The topological polar surface area (TPSA) is 103 Å². The monoisotopic (exact) mass is 429 g/mol. The van der Waals surface area contributed by atoms with Crippen molar-refractivity contribution in [2.45, 2.75) is 38.6 Å². The van der Waals surface area contributed by atoms with Gasteiger partial charge >= 0.3 is 0 Å².